The van der Waals surface area contributed by atoms with Crippen molar-refractivity contribution in [3.05, 3.63) is 89.9 Å². The monoisotopic (exact) mass is 542 g/mol. The molecule has 0 bridgehead atoms. The summed E-state index contributed by atoms with van der Waals surface area (Å²) in [6, 6.07) is 16.3. The maximum atomic E-state index is 13.7. The molecule has 3 heterocycles. The van der Waals surface area contributed by atoms with Gasteiger partial charge in [-0.1, -0.05) is 0 Å². The number of nitrogens with one attached hydrogen (secondary N) is 1. The summed E-state index contributed by atoms with van der Waals surface area (Å²) >= 11 is 6.34. The molecule has 6 rings (SSSR count). The molecule has 0 aliphatic carbocycles. The average Bonchev–Trinajstić information content (AvgIpc) is 3.54. The molecule has 3 N–H and O–H groups in total. The van der Waals surface area contributed by atoms with E-state index in [0.717, 1.165) is 10.9 Å². The number of hydrogen-bond acceptors (Lipinski definition) is 6. The fraction of sp³-hybridized carbons (Fsp3) is 0.138. The Bertz CT molecular complexity index is 1770. The van der Waals surface area contributed by atoms with Crippen molar-refractivity contribution in [1.29, 1.82) is 0 Å². The molecule has 0 spiro atoms. The number of nitrogens with zero attached hydrogens (tertiary/aromatic N) is 3. The number of carbonyl (C=O) groups excluding carboxylic acids is 2. The van der Waals surface area contributed by atoms with Gasteiger partial charge in [0, 0.05) is 47.8 Å². The van der Waals surface area contributed by atoms with Crippen molar-refractivity contribution in [1.82, 2.24) is 9.38 Å². The molecule has 2 aromatic heterocycles. The first-order valence-corrected chi connectivity index (χ1v) is 12.7. The highest BCUT2D eigenvalue weighted by molar-refractivity contribution is 6.19. The molecule has 2 amide bonds. The van der Waals surface area contributed by atoms with Crippen LogP contribution >= 0.6 is 11.6 Å². The van der Waals surface area contributed by atoms with Crippen molar-refractivity contribution in [2.24, 2.45) is 0 Å². The molecule has 10 heteroatoms. The minimum atomic E-state index is -0.338. The fourth-order valence-corrected chi connectivity index (χ4v) is 5.28. The van der Waals surface area contributed by atoms with Crippen molar-refractivity contribution >= 4 is 51.2 Å². The number of halogens is 1. The van der Waals surface area contributed by atoms with Gasteiger partial charge >= 0.3 is 0 Å². The number of carbonyl (C=O) groups is 2. The molecule has 1 atom stereocenters. The molecule has 0 unspecified atom stereocenters. The number of imidazole rings is 1. The zero-order chi connectivity index (χ0) is 27.3. The van der Waals surface area contributed by atoms with Crippen LogP contribution in [0.4, 0.5) is 11.4 Å². The van der Waals surface area contributed by atoms with E-state index in [-0.39, 0.29) is 34.9 Å². The summed E-state index contributed by atoms with van der Waals surface area (Å²) < 4.78 is 7.05. The number of methoxy groups -OCH3 is 1. The number of phenolic OH excluding ortho intramolecular Hbond substituents is 2. The van der Waals surface area contributed by atoms with E-state index in [1.54, 1.807) is 59.1 Å². The highest BCUT2D eigenvalue weighted by Crippen LogP contribution is 2.46. The van der Waals surface area contributed by atoms with Crippen LogP contribution in [-0.2, 0) is 0 Å². The van der Waals surface area contributed by atoms with Gasteiger partial charge in [0.15, 0.2) is 0 Å². The van der Waals surface area contributed by atoms with Crippen LogP contribution in [0.1, 0.15) is 32.3 Å². The average molecular weight is 543 g/mol. The van der Waals surface area contributed by atoms with Gasteiger partial charge in [-0.25, -0.2) is 4.98 Å². The number of aromatic nitrogens is 2. The first-order valence-electron chi connectivity index (χ1n) is 12.2. The molecule has 0 saturated carbocycles. The molecule has 0 radical (unpaired) electrons. The molecule has 3 aromatic carbocycles. The quantitative estimate of drug-likeness (QED) is 0.265. The van der Waals surface area contributed by atoms with E-state index in [1.165, 1.54) is 24.3 Å². The summed E-state index contributed by atoms with van der Waals surface area (Å²) in [6.07, 6.45) is 3.27. The number of phenols is 2. The zero-order valence-corrected chi connectivity index (χ0v) is 21.5. The third-order valence-electron chi connectivity index (χ3n) is 6.93. The van der Waals surface area contributed by atoms with Crippen LogP contribution in [0.5, 0.6) is 17.2 Å². The maximum Gasteiger partial charge on any atom is 0.278 e. The van der Waals surface area contributed by atoms with E-state index >= 15 is 0 Å². The van der Waals surface area contributed by atoms with Gasteiger partial charge in [0.05, 0.1) is 18.5 Å². The first kappa shape index (κ1) is 24.6. The molecule has 39 heavy (non-hydrogen) atoms. The van der Waals surface area contributed by atoms with Gasteiger partial charge in [-0.15, -0.1) is 11.6 Å². The van der Waals surface area contributed by atoms with Crippen LogP contribution < -0.4 is 15.0 Å². The summed E-state index contributed by atoms with van der Waals surface area (Å²) in [6.45, 7) is 0.342. The van der Waals surface area contributed by atoms with Crippen LogP contribution in [-0.4, -0.2) is 50.9 Å². The van der Waals surface area contributed by atoms with Crippen LogP contribution in [0.3, 0.4) is 0 Å². The maximum absolute atomic E-state index is 13.7. The standard InChI is InChI=1S/C29H23ClN4O5/c1-39-20-7-8-21-22(10-20)27-17(12-30)13-34(24(27)11-25(21)36)29(38)23-15-33-14-18(4-9-26(33)32-23)31-28(37)16-2-5-19(35)6-3-16/h2-11,14-15,17,35-36H,12-13H2,1H3,(H,31,37)/t17-/m1/s1. The van der Waals surface area contributed by atoms with Crippen molar-refractivity contribution in [3.63, 3.8) is 0 Å². The zero-order valence-electron chi connectivity index (χ0n) is 20.8. The Hall–Kier alpha value is -4.76. The Morgan fingerprint density at radius 2 is 1.85 bits per heavy atom. The highest BCUT2D eigenvalue weighted by atomic mass is 35.5. The normalized spacial score (nSPS) is 14.5. The van der Waals surface area contributed by atoms with Crippen molar-refractivity contribution in [3.8, 4) is 17.2 Å². The number of rotatable bonds is 5. The lowest BCUT2D eigenvalue weighted by molar-refractivity contribution is 0.0982. The Morgan fingerprint density at radius 3 is 2.59 bits per heavy atom. The third kappa shape index (κ3) is 4.26. The van der Waals surface area contributed by atoms with Gasteiger partial charge in [-0.05, 0) is 65.5 Å². The lowest BCUT2D eigenvalue weighted by atomic mass is 9.95. The number of ether oxygens (including phenoxy) is 1. The SMILES string of the molecule is COc1ccc2c(O)cc3c(c2c1)[C@H](CCl)CN3C(=O)c1cn2cc(NC(=O)c3ccc(O)cc3)ccc2n1. The number of benzene rings is 3. The van der Waals surface area contributed by atoms with Crippen molar-refractivity contribution < 1.29 is 24.5 Å². The Labute approximate surface area is 227 Å². The summed E-state index contributed by atoms with van der Waals surface area (Å²) in [5, 5.41) is 24.5. The van der Waals surface area contributed by atoms with E-state index in [1.807, 2.05) is 6.07 Å². The number of anilines is 2. The number of alkyl halides is 1. The van der Waals surface area contributed by atoms with Crippen LogP contribution in [0.15, 0.2) is 73.1 Å². The number of pyridine rings is 1. The van der Waals surface area contributed by atoms with Crippen molar-refractivity contribution in [2.75, 3.05) is 29.8 Å². The number of hydrogen-bond donors (Lipinski definition) is 3. The predicted molar refractivity (Wildman–Crippen MR) is 149 cm³/mol. The second kappa shape index (κ2) is 9.52. The molecule has 5 aromatic rings. The van der Waals surface area contributed by atoms with Crippen molar-refractivity contribution in [2.45, 2.75) is 5.92 Å². The largest absolute Gasteiger partial charge is 0.508 e. The summed E-state index contributed by atoms with van der Waals surface area (Å²) in [5.41, 5.74) is 3.11. The Balaban J connectivity index is 1.32. The summed E-state index contributed by atoms with van der Waals surface area (Å²) in [4.78, 5) is 32.4. The Morgan fingerprint density at radius 1 is 1.05 bits per heavy atom. The van der Waals surface area contributed by atoms with Gasteiger partial charge in [-0.2, -0.15) is 0 Å². The minimum Gasteiger partial charge on any atom is -0.508 e. The number of fused-ring (bicyclic) bond motifs is 4. The van der Waals surface area contributed by atoms with Gasteiger partial charge < -0.3 is 29.6 Å². The summed E-state index contributed by atoms with van der Waals surface area (Å²) in [5.74, 6) is 0.261. The second-order valence-electron chi connectivity index (χ2n) is 9.32. The molecule has 0 fully saturated rings. The van der Waals surface area contributed by atoms with Gasteiger partial charge in [0.1, 0.15) is 28.6 Å². The molecule has 9 nitrogen and oxygen atoms in total. The van der Waals surface area contributed by atoms with E-state index in [2.05, 4.69) is 10.3 Å². The van der Waals surface area contributed by atoms with E-state index < -0.39 is 0 Å². The van der Waals surface area contributed by atoms with Crippen LogP contribution in [0, 0.1) is 0 Å². The highest BCUT2D eigenvalue weighted by Gasteiger charge is 2.35. The molecular weight excluding hydrogens is 520 g/mol. The Kier molecular flexibility index (Phi) is 6.00. The lowest BCUT2D eigenvalue weighted by Gasteiger charge is -2.17. The van der Waals surface area contributed by atoms with Crippen LogP contribution in [0.2, 0.25) is 0 Å². The number of amides is 2. The van der Waals surface area contributed by atoms with Crippen LogP contribution in [0.25, 0.3) is 16.4 Å². The molecule has 196 valence electrons. The van der Waals surface area contributed by atoms with E-state index in [9.17, 15) is 19.8 Å². The van der Waals surface area contributed by atoms with Gasteiger partial charge in [0.2, 0.25) is 0 Å². The van der Waals surface area contributed by atoms with E-state index in [0.29, 0.717) is 46.1 Å². The summed E-state index contributed by atoms with van der Waals surface area (Å²) in [7, 11) is 1.58. The molecular formula is C29H23ClN4O5. The smallest absolute Gasteiger partial charge is 0.278 e. The topological polar surface area (TPSA) is 116 Å². The predicted octanol–water partition coefficient (Wildman–Crippen LogP) is 5.14. The minimum absolute atomic E-state index is 0.0587. The molecule has 1 aliphatic heterocycles. The molecule has 1 aliphatic rings. The first-order chi connectivity index (χ1) is 18.9. The van der Waals surface area contributed by atoms with E-state index in [4.69, 9.17) is 16.3 Å². The second-order valence-corrected chi connectivity index (χ2v) is 9.63. The number of aromatic hydroxyl groups is 2. The third-order valence-corrected chi connectivity index (χ3v) is 7.31. The lowest BCUT2D eigenvalue weighted by Crippen LogP contribution is -2.30. The van der Waals surface area contributed by atoms with Gasteiger partial charge in [0.25, 0.3) is 11.8 Å². The fourth-order valence-electron chi connectivity index (χ4n) is 5.02. The van der Waals surface area contributed by atoms with Gasteiger partial charge in [-0.3, -0.25) is 9.59 Å². The molecule has 0 saturated heterocycles.